The first-order valence-corrected chi connectivity index (χ1v) is 6.08. The molecule has 6 heteroatoms. The topological polar surface area (TPSA) is 60.8 Å². The number of aliphatic hydroxyl groups excluding tert-OH is 1. The monoisotopic (exact) mass is 271 g/mol. The minimum Gasteiger partial charge on any atom is -0.493 e. The average molecular weight is 271 g/mol. The number of alkyl halides is 1. The SMILES string of the molecule is COc1cc(C(O)OC)ncc1OCC1(CF)CC1. The molecule has 0 aliphatic heterocycles. The molecule has 0 radical (unpaired) electrons. The largest absolute Gasteiger partial charge is 0.493 e. The Bertz CT molecular complexity index is 437. The van der Waals surface area contributed by atoms with Gasteiger partial charge in [0.05, 0.1) is 32.3 Å². The number of nitrogens with zero attached hydrogens (tertiary/aromatic N) is 1. The molecule has 0 saturated heterocycles. The summed E-state index contributed by atoms with van der Waals surface area (Å²) < 4.78 is 28.3. The van der Waals surface area contributed by atoms with Gasteiger partial charge in [0.25, 0.3) is 0 Å². The summed E-state index contributed by atoms with van der Waals surface area (Å²) in [5.41, 5.74) is 0.00810. The zero-order chi connectivity index (χ0) is 13.9. The number of ether oxygens (including phenoxy) is 3. The second-order valence-corrected chi connectivity index (χ2v) is 4.77. The van der Waals surface area contributed by atoms with Crippen LogP contribution in [0, 0.1) is 5.41 Å². The van der Waals surface area contributed by atoms with Gasteiger partial charge in [-0.3, -0.25) is 9.37 Å². The maximum Gasteiger partial charge on any atom is 0.198 e. The van der Waals surface area contributed by atoms with E-state index in [4.69, 9.17) is 14.2 Å². The van der Waals surface area contributed by atoms with Gasteiger partial charge in [0.15, 0.2) is 17.8 Å². The van der Waals surface area contributed by atoms with Crippen molar-refractivity contribution in [1.29, 1.82) is 0 Å². The Morgan fingerprint density at radius 3 is 2.68 bits per heavy atom. The molecule has 2 rings (SSSR count). The van der Waals surface area contributed by atoms with Gasteiger partial charge in [0.2, 0.25) is 0 Å². The molecule has 1 heterocycles. The molecule has 0 bridgehead atoms. The summed E-state index contributed by atoms with van der Waals surface area (Å²) in [6, 6.07) is 1.54. The zero-order valence-corrected chi connectivity index (χ0v) is 11.1. The van der Waals surface area contributed by atoms with Crippen molar-refractivity contribution in [1.82, 2.24) is 4.98 Å². The molecule has 0 amide bonds. The van der Waals surface area contributed by atoms with Crippen LogP contribution < -0.4 is 9.47 Å². The second kappa shape index (κ2) is 5.71. The van der Waals surface area contributed by atoms with Crippen LogP contribution in [-0.4, -0.2) is 37.6 Å². The van der Waals surface area contributed by atoms with E-state index >= 15 is 0 Å². The van der Waals surface area contributed by atoms with E-state index in [0.717, 1.165) is 12.8 Å². The molecule has 1 aliphatic carbocycles. The smallest absolute Gasteiger partial charge is 0.198 e. The van der Waals surface area contributed by atoms with Gasteiger partial charge < -0.3 is 19.3 Å². The molecule has 0 spiro atoms. The molecule has 1 aromatic rings. The fourth-order valence-electron chi connectivity index (χ4n) is 1.69. The predicted octanol–water partition coefficient (Wildman–Crippen LogP) is 1.86. The minimum atomic E-state index is -1.11. The number of rotatable bonds is 7. The molecule has 1 fully saturated rings. The fraction of sp³-hybridized carbons (Fsp3) is 0.615. The predicted molar refractivity (Wildman–Crippen MR) is 65.9 cm³/mol. The highest BCUT2D eigenvalue weighted by molar-refractivity contribution is 5.39. The van der Waals surface area contributed by atoms with Crippen LogP contribution in [0.2, 0.25) is 0 Å². The molecule has 1 unspecified atom stereocenters. The first-order chi connectivity index (χ1) is 9.14. The molecular weight excluding hydrogens is 253 g/mol. The standard InChI is InChI=1S/C13H18FNO4/c1-17-10-5-9(12(16)18-2)15-6-11(10)19-8-13(7-14)3-4-13/h5-6,12,16H,3-4,7-8H2,1-2H3. The fourth-order valence-corrected chi connectivity index (χ4v) is 1.69. The Morgan fingerprint density at radius 2 is 2.16 bits per heavy atom. The van der Waals surface area contributed by atoms with Gasteiger partial charge in [-0.25, -0.2) is 0 Å². The van der Waals surface area contributed by atoms with Gasteiger partial charge in [-0.05, 0) is 12.8 Å². The zero-order valence-electron chi connectivity index (χ0n) is 11.1. The van der Waals surface area contributed by atoms with Gasteiger partial charge in [0.1, 0.15) is 0 Å². The third kappa shape index (κ3) is 3.13. The lowest BCUT2D eigenvalue weighted by atomic mass is 10.1. The Kier molecular flexibility index (Phi) is 4.21. The van der Waals surface area contributed by atoms with Crippen LogP contribution in [0.25, 0.3) is 0 Å². The van der Waals surface area contributed by atoms with Crippen LogP contribution >= 0.6 is 0 Å². The maximum absolute atomic E-state index is 12.8. The van der Waals surface area contributed by atoms with Gasteiger partial charge in [-0.1, -0.05) is 0 Å². The summed E-state index contributed by atoms with van der Waals surface area (Å²) in [4.78, 5) is 4.03. The molecule has 1 saturated carbocycles. The molecular formula is C13H18FNO4. The number of methoxy groups -OCH3 is 2. The molecule has 0 aromatic carbocycles. The van der Waals surface area contributed by atoms with Crippen molar-refractivity contribution in [2.45, 2.75) is 19.1 Å². The van der Waals surface area contributed by atoms with E-state index in [-0.39, 0.29) is 12.1 Å². The lowest BCUT2D eigenvalue weighted by Crippen LogP contribution is -2.15. The highest BCUT2D eigenvalue weighted by atomic mass is 19.1. The van der Waals surface area contributed by atoms with Crippen molar-refractivity contribution in [3.8, 4) is 11.5 Å². The van der Waals surface area contributed by atoms with Gasteiger partial charge >= 0.3 is 0 Å². The van der Waals surface area contributed by atoms with E-state index in [2.05, 4.69) is 4.98 Å². The van der Waals surface area contributed by atoms with Crippen molar-refractivity contribution in [2.24, 2.45) is 5.41 Å². The number of pyridine rings is 1. The number of hydrogen-bond donors (Lipinski definition) is 1. The van der Waals surface area contributed by atoms with Crippen molar-refractivity contribution in [3.05, 3.63) is 18.0 Å². The van der Waals surface area contributed by atoms with E-state index < -0.39 is 6.29 Å². The molecule has 1 atom stereocenters. The van der Waals surface area contributed by atoms with Crippen molar-refractivity contribution >= 4 is 0 Å². The highest BCUT2D eigenvalue weighted by Gasteiger charge is 2.44. The molecule has 1 N–H and O–H groups in total. The van der Waals surface area contributed by atoms with Crippen LogP contribution in [0.1, 0.15) is 24.8 Å². The second-order valence-electron chi connectivity index (χ2n) is 4.77. The Morgan fingerprint density at radius 1 is 1.42 bits per heavy atom. The molecule has 106 valence electrons. The number of halogens is 1. The van der Waals surface area contributed by atoms with Crippen LogP contribution in [0.5, 0.6) is 11.5 Å². The van der Waals surface area contributed by atoms with E-state index in [1.165, 1.54) is 20.4 Å². The first kappa shape index (κ1) is 14.0. The minimum absolute atomic E-state index is 0.313. The van der Waals surface area contributed by atoms with Crippen LogP contribution in [-0.2, 0) is 4.74 Å². The van der Waals surface area contributed by atoms with Gasteiger partial charge in [0, 0.05) is 18.6 Å². The summed E-state index contributed by atoms with van der Waals surface area (Å²) in [7, 11) is 2.87. The molecule has 19 heavy (non-hydrogen) atoms. The molecule has 1 aliphatic rings. The van der Waals surface area contributed by atoms with E-state index in [1.54, 1.807) is 6.07 Å². The van der Waals surface area contributed by atoms with E-state index in [9.17, 15) is 9.50 Å². The Labute approximate surface area is 111 Å². The normalized spacial score (nSPS) is 17.9. The summed E-state index contributed by atoms with van der Waals surface area (Å²) in [5.74, 6) is 0.880. The highest BCUT2D eigenvalue weighted by Crippen LogP contribution is 2.46. The maximum atomic E-state index is 12.8. The Balaban J connectivity index is 2.07. The summed E-state index contributed by atoms with van der Waals surface area (Å²) in [6.45, 7) is -0.0586. The summed E-state index contributed by atoms with van der Waals surface area (Å²) in [5, 5.41) is 9.52. The summed E-state index contributed by atoms with van der Waals surface area (Å²) in [6.07, 6.45) is 2.04. The third-order valence-corrected chi connectivity index (χ3v) is 3.32. The lowest BCUT2D eigenvalue weighted by Gasteiger charge is -2.16. The number of aromatic nitrogens is 1. The van der Waals surface area contributed by atoms with Gasteiger partial charge in [-0.2, -0.15) is 0 Å². The van der Waals surface area contributed by atoms with Crippen LogP contribution in [0.15, 0.2) is 12.3 Å². The van der Waals surface area contributed by atoms with Crippen LogP contribution in [0.4, 0.5) is 4.39 Å². The van der Waals surface area contributed by atoms with E-state index in [1.807, 2.05) is 0 Å². The lowest BCUT2D eigenvalue weighted by molar-refractivity contribution is -0.0800. The first-order valence-electron chi connectivity index (χ1n) is 6.08. The molecule has 5 nitrogen and oxygen atoms in total. The van der Waals surface area contributed by atoms with Crippen molar-refractivity contribution in [3.63, 3.8) is 0 Å². The third-order valence-electron chi connectivity index (χ3n) is 3.32. The van der Waals surface area contributed by atoms with E-state index in [0.29, 0.717) is 23.8 Å². The molecule has 1 aromatic heterocycles. The quantitative estimate of drug-likeness (QED) is 0.767. The van der Waals surface area contributed by atoms with Crippen molar-refractivity contribution < 1.29 is 23.7 Å². The summed E-state index contributed by atoms with van der Waals surface area (Å²) >= 11 is 0. The number of hydrogen-bond acceptors (Lipinski definition) is 5. The average Bonchev–Trinajstić information content (AvgIpc) is 3.24. The Hall–Kier alpha value is -1.40. The van der Waals surface area contributed by atoms with Crippen molar-refractivity contribution in [2.75, 3.05) is 27.5 Å². The van der Waals surface area contributed by atoms with Gasteiger partial charge in [-0.15, -0.1) is 0 Å². The number of aliphatic hydroxyl groups is 1. The van der Waals surface area contributed by atoms with Crippen LogP contribution in [0.3, 0.4) is 0 Å².